The van der Waals surface area contributed by atoms with Crippen molar-refractivity contribution in [1.29, 1.82) is 0 Å². The van der Waals surface area contributed by atoms with Crippen molar-refractivity contribution in [2.24, 2.45) is 5.73 Å². The van der Waals surface area contributed by atoms with Gasteiger partial charge >= 0.3 is 11.9 Å². The van der Waals surface area contributed by atoms with Crippen molar-refractivity contribution in [1.82, 2.24) is 16.0 Å². The molecule has 0 fully saturated rings. The molecule has 0 saturated carbocycles. The summed E-state index contributed by atoms with van der Waals surface area (Å²) in [6, 6.07) is 2.44. The Hall–Kier alpha value is -3.55. The molecule has 3 amide bonds. The second-order valence-electron chi connectivity index (χ2n) is 6.78. The number of aliphatic carboxylic acids is 2. The van der Waals surface area contributed by atoms with E-state index in [1.54, 1.807) is 30.3 Å². The molecule has 4 unspecified atom stereocenters. The van der Waals surface area contributed by atoms with Gasteiger partial charge in [0.2, 0.25) is 17.7 Å². The first-order valence-electron chi connectivity index (χ1n) is 9.46. The Morgan fingerprint density at radius 2 is 1.25 bits per heavy atom. The van der Waals surface area contributed by atoms with E-state index in [0.717, 1.165) is 0 Å². The van der Waals surface area contributed by atoms with Crippen molar-refractivity contribution in [3.05, 3.63) is 35.9 Å². The standard InChI is InChI=1S/C19H26N4O9/c20-11(7-15(26)27)16(28)22-13(8-24)18(30)23-14(9-25)17(29)21-12(19(31)32)6-10-4-2-1-3-5-10/h1-5,11-14,24-25H,6-9,20H2,(H,21,29)(H,22,28)(H,23,30)(H,26,27)(H,31,32). The predicted octanol–water partition coefficient (Wildman–Crippen LogP) is -3.45. The molecule has 0 aliphatic rings. The van der Waals surface area contributed by atoms with Gasteiger partial charge in [-0.1, -0.05) is 30.3 Å². The number of carboxylic acid groups (broad SMARTS) is 2. The van der Waals surface area contributed by atoms with Crippen LogP contribution in [0.2, 0.25) is 0 Å². The molecule has 1 aromatic carbocycles. The zero-order valence-corrected chi connectivity index (χ0v) is 16.9. The number of benzene rings is 1. The van der Waals surface area contributed by atoms with Gasteiger partial charge in [-0.3, -0.25) is 19.2 Å². The zero-order chi connectivity index (χ0) is 24.3. The minimum Gasteiger partial charge on any atom is -0.481 e. The number of rotatable bonds is 13. The molecule has 0 radical (unpaired) electrons. The van der Waals surface area contributed by atoms with E-state index < -0.39 is 73.5 Å². The molecule has 32 heavy (non-hydrogen) atoms. The lowest BCUT2D eigenvalue weighted by Gasteiger charge is -2.23. The maximum atomic E-state index is 12.4. The fourth-order valence-electron chi connectivity index (χ4n) is 2.54. The smallest absolute Gasteiger partial charge is 0.326 e. The summed E-state index contributed by atoms with van der Waals surface area (Å²) in [6.07, 6.45) is -0.768. The number of hydrogen-bond acceptors (Lipinski definition) is 8. The number of aliphatic hydroxyl groups excluding tert-OH is 2. The Bertz CT molecular complexity index is 818. The molecule has 4 atom stereocenters. The second kappa shape index (κ2) is 13.0. The van der Waals surface area contributed by atoms with E-state index in [4.69, 9.17) is 10.8 Å². The van der Waals surface area contributed by atoms with Crippen LogP contribution >= 0.6 is 0 Å². The highest BCUT2D eigenvalue weighted by molar-refractivity contribution is 5.94. The second-order valence-corrected chi connectivity index (χ2v) is 6.78. The summed E-state index contributed by atoms with van der Waals surface area (Å²) in [4.78, 5) is 58.6. The van der Waals surface area contributed by atoms with E-state index >= 15 is 0 Å². The molecule has 13 nitrogen and oxygen atoms in total. The van der Waals surface area contributed by atoms with Crippen LogP contribution in [0.3, 0.4) is 0 Å². The van der Waals surface area contributed by atoms with Crippen LogP contribution < -0.4 is 21.7 Å². The van der Waals surface area contributed by atoms with E-state index in [9.17, 15) is 39.3 Å². The molecule has 176 valence electrons. The third kappa shape index (κ3) is 8.67. The van der Waals surface area contributed by atoms with Crippen molar-refractivity contribution in [3.8, 4) is 0 Å². The van der Waals surface area contributed by atoms with E-state index in [1.165, 1.54) is 0 Å². The Morgan fingerprint density at radius 3 is 1.69 bits per heavy atom. The van der Waals surface area contributed by atoms with Crippen LogP contribution in [0.1, 0.15) is 12.0 Å². The average molecular weight is 454 g/mol. The number of nitrogens with one attached hydrogen (secondary N) is 3. The van der Waals surface area contributed by atoms with Crippen LogP contribution in [0.15, 0.2) is 30.3 Å². The summed E-state index contributed by atoms with van der Waals surface area (Å²) >= 11 is 0. The van der Waals surface area contributed by atoms with Gasteiger partial charge in [-0.25, -0.2) is 4.79 Å². The number of carbonyl (C=O) groups excluding carboxylic acids is 3. The molecular formula is C19H26N4O9. The summed E-state index contributed by atoms with van der Waals surface area (Å²) in [5, 5.41) is 43.1. The van der Waals surface area contributed by atoms with Gasteiger partial charge < -0.3 is 42.1 Å². The molecule has 0 heterocycles. The summed E-state index contributed by atoms with van der Waals surface area (Å²) in [7, 11) is 0. The Balaban J connectivity index is 2.76. The Kier molecular flexibility index (Phi) is 10.8. The Labute approximate surface area is 182 Å². The van der Waals surface area contributed by atoms with Gasteiger partial charge in [0.05, 0.1) is 25.7 Å². The maximum Gasteiger partial charge on any atom is 0.326 e. The molecule has 1 rings (SSSR count). The van der Waals surface area contributed by atoms with E-state index in [0.29, 0.717) is 5.56 Å². The van der Waals surface area contributed by atoms with E-state index in [2.05, 4.69) is 10.6 Å². The largest absolute Gasteiger partial charge is 0.481 e. The highest BCUT2D eigenvalue weighted by Gasteiger charge is 2.30. The number of carbonyl (C=O) groups is 5. The number of hydrogen-bond donors (Lipinski definition) is 8. The molecule has 0 bridgehead atoms. The van der Waals surface area contributed by atoms with Gasteiger partial charge in [0.1, 0.15) is 18.1 Å². The van der Waals surface area contributed by atoms with Gasteiger partial charge in [-0.15, -0.1) is 0 Å². The van der Waals surface area contributed by atoms with Crippen LogP contribution in [0.25, 0.3) is 0 Å². The third-order valence-electron chi connectivity index (χ3n) is 4.26. The van der Waals surface area contributed by atoms with Crippen molar-refractivity contribution in [2.75, 3.05) is 13.2 Å². The molecule has 13 heteroatoms. The number of amides is 3. The van der Waals surface area contributed by atoms with E-state index in [-0.39, 0.29) is 6.42 Å². The first-order valence-corrected chi connectivity index (χ1v) is 9.46. The highest BCUT2D eigenvalue weighted by atomic mass is 16.4. The molecular weight excluding hydrogens is 428 g/mol. The minimum absolute atomic E-state index is 0.0508. The number of aliphatic hydroxyl groups is 2. The lowest BCUT2D eigenvalue weighted by Crippen LogP contribution is -2.59. The quantitative estimate of drug-likeness (QED) is 0.147. The lowest BCUT2D eigenvalue weighted by molar-refractivity contribution is -0.142. The average Bonchev–Trinajstić information content (AvgIpc) is 2.74. The lowest BCUT2D eigenvalue weighted by atomic mass is 10.1. The fraction of sp³-hybridized carbons (Fsp3) is 0.421. The topological polar surface area (TPSA) is 228 Å². The van der Waals surface area contributed by atoms with Crippen molar-refractivity contribution in [3.63, 3.8) is 0 Å². The number of nitrogens with two attached hydrogens (primary N) is 1. The van der Waals surface area contributed by atoms with Gasteiger partial charge in [0.15, 0.2) is 0 Å². The van der Waals surface area contributed by atoms with Crippen LogP contribution in [0, 0.1) is 0 Å². The fourth-order valence-corrected chi connectivity index (χ4v) is 2.54. The molecule has 1 aromatic rings. The van der Waals surface area contributed by atoms with Gasteiger partial charge in [-0.2, -0.15) is 0 Å². The SMILES string of the molecule is NC(CC(=O)O)C(=O)NC(CO)C(=O)NC(CO)C(=O)NC(Cc1ccccc1)C(=O)O. The highest BCUT2D eigenvalue weighted by Crippen LogP contribution is 2.04. The van der Waals surface area contributed by atoms with Crippen LogP contribution in [-0.2, 0) is 30.4 Å². The minimum atomic E-state index is -1.59. The van der Waals surface area contributed by atoms with Gasteiger partial charge in [0, 0.05) is 6.42 Å². The van der Waals surface area contributed by atoms with Crippen molar-refractivity contribution < 1.29 is 44.4 Å². The Morgan fingerprint density at radius 1 is 0.781 bits per heavy atom. The molecule has 0 spiro atoms. The molecule has 0 aliphatic heterocycles. The summed E-state index contributed by atoms with van der Waals surface area (Å²) in [5.74, 6) is -5.79. The molecule has 9 N–H and O–H groups in total. The monoisotopic (exact) mass is 454 g/mol. The van der Waals surface area contributed by atoms with Gasteiger partial charge in [0.25, 0.3) is 0 Å². The molecule has 0 aromatic heterocycles. The normalized spacial score (nSPS) is 14.3. The maximum absolute atomic E-state index is 12.4. The molecule has 0 aliphatic carbocycles. The third-order valence-corrected chi connectivity index (χ3v) is 4.26. The van der Waals surface area contributed by atoms with Crippen LogP contribution in [-0.4, -0.2) is 87.5 Å². The van der Waals surface area contributed by atoms with Crippen molar-refractivity contribution in [2.45, 2.75) is 37.0 Å². The zero-order valence-electron chi connectivity index (χ0n) is 16.9. The van der Waals surface area contributed by atoms with Crippen molar-refractivity contribution >= 4 is 29.7 Å². The number of carboxylic acids is 2. The first-order chi connectivity index (χ1) is 15.1. The van der Waals surface area contributed by atoms with Gasteiger partial charge in [-0.05, 0) is 5.56 Å². The summed E-state index contributed by atoms with van der Waals surface area (Å²) in [6.45, 7) is -1.82. The van der Waals surface area contributed by atoms with E-state index in [1.807, 2.05) is 5.32 Å². The predicted molar refractivity (Wildman–Crippen MR) is 108 cm³/mol. The van der Waals surface area contributed by atoms with Crippen LogP contribution in [0.5, 0.6) is 0 Å². The molecule has 0 saturated heterocycles. The van der Waals surface area contributed by atoms with Crippen LogP contribution in [0.4, 0.5) is 0 Å². The first kappa shape index (κ1) is 26.5. The summed E-state index contributed by atoms with van der Waals surface area (Å²) in [5.41, 5.74) is 6.01. The summed E-state index contributed by atoms with van der Waals surface area (Å²) < 4.78 is 0.